The van der Waals surface area contributed by atoms with Crippen molar-refractivity contribution in [2.45, 2.75) is 70.6 Å². The normalized spacial score (nSPS) is 30.3. The molecule has 4 aliphatic carbocycles. The van der Waals surface area contributed by atoms with E-state index < -0.39 is 5.41 Å². The van der Waals surface area contributed by atoms with Gasteiger partial charge < -0.3 is 0 Å². The van der Waals surface area contributed by atoms with Crippen LogP contribution in [0.5, 0.6) is 0 Å². The molecule has 0 N–H and O–H groups in total. The summed E-state index contributed by atoms with van der Waals surface area (Å²) in [5.41, 5.74) is 1.18. The summed E-state index contributed by atoms with van der Waals surface area (Å²) in [6.45, 7) is 0. The molecule has 0 unspecified atom stereocenters. The Hall–Kier alpha value is -1.18. The zero-order chi connectivity index (χ0) is 14.5. The molecular formula is C19H24O2. The van der Waals surface area contributed by atoms with Crippen LogP contribution < -0.4 is 0 Å². The summed E-state index contributed by atoms with van der Waals surface area (Å²) in [7, 11) is 0. The first-order chi connectivity index (χ1) is 10.2. The number of hydrogen-bond acceptors (Lipinski definition) is 2. The van der Waals surface area contributed by atoms with Crippen LogP contribution in [0.2, 0.25) is 0 Å². The van der Waals surface area contributed by atoms with Crippen LogP contribution in [-0.4, -0.2) is 11.6 Å². The second kappa shape index (κ2) is 4.66. The molecule has 0 amide bonds. The lowest BCUT2D eigenvalue weighted by Gasteiger charge is -2.49. The fourth-order valence-electron chi connectivity index (χ4n) is 5.40. The summed E-state index contributed by atoms with van der Waals surface area (Å²) < 4.78 is 0. The molecule has 0 aliphatic heterocycles. The summed E-state index contributed by atoms with van der Waals surface area (Å²) in [5.74, 6) is 0.507. The second-order valence-corrected chi connectivity index (χ2v) is 7.44. The maximum atomic E-state index is 13.5. The van der Waals surface area contributed by atoms with E-state index in [1.807, 2.05) is 0 Å². The van der Waals surface area contributed by atoms with E-state index in [0.29, 0.717) is 5.78 Å². The van der Waals surface area contributed by atoms with Crippen LogP contribution in [0.1, 0.15) is 70.6 Å². The minimum Gasteiger partial charge on any atom is -0.298 e. The fourth-order valence-corrected chi connectivity index (χ4v) is 5.40. The van der Waals surface area contributed by atoms with Gasteiger partial charge in [0.15, 0.2) is 11.6 Å². The number of ketones is 2. The smallest absolute Gasteiger partial charge is 0.173 e. The minimum atomic E-state index is -0.638. The Labute approximate surface area is 126 Å². The maximum absolute atomic E-state index is 13.5. The Morgan fingerprint density at radius 3 is 1.95 bits per heavy atom. The number of allylic oxidation sites excluding steroid dienone is 4. The Morgan fingerprint density at radius 2 is 1.33 bits per heavy atom. The molecule has 21 heavy (non-hydrogen) atoms. The lowest BCUT2D eigenvalue weighted by molar-refractivity contribution is -0.150. The van der Waals surface area contributed by atoms with E-state index in [1.165, 1.54) is 12.8 Å². The van der Waals surface area contributed by atoms with E-state index in [-0.39, 0.29) is 11.2 Å². The Morgan fingerprint density at radius 1 is 0.762 bits per heavy atom. The third-order valence-electron chi connectivity index (χ3n) is 6.44. The zero-order valence-corrected chi connectivity index (χ0v) is 12.7. The van der Waals surface area contributed by atoms with Crippen molar-refractivity contribution < 1.29 is 9.59 Å². The molecule has 0 aromatic heterocycles. The van der Waals surface area contributed by atoms with E-state index in [2.05, 4.69) is 12.2 Å². The van der Waals surface area contributed by atoms with Crippen molar-refractivity contribution in [3.63, 3.8) is 0 Å². The first-order valence-corrected chi connectivity index (χ1v) is 8.71. The molecule has 4 rings (SSSR count). The minimum absolute atomic E-state index is 0.198. The van der Waals surface area contributed by atoms with Crippen molar-refractivity contribution in [2.24, 2.45) is 10.8 Å². The monoisotopic (exact) mass is 284 g/mol. The number of rotatable bonds is 0. The van der Waals surface area contributed by atoms with Gasteiger partial charge in [-0.1, -0.05) is 50.7 Å². The summed E-state index contributed by atoms with van der Waals surface area (Å²) >= 11 is 0. The molecule has 0 bridgehead atoms. The molecule has 0 radical (unpaired) electrons. The second-order valence-electron chi connectivity index (χ2n) is 7.44. The van der Waals surface area contributed by atoms with Crippen molar-refractivity contribution in [3.05, 3.63) is 23.3 Å². The number of hydrogen-bond donors (Lipinski definition) is 0. The van der Waals surface area contributed by atoms with Crippen LogP contribution >= 0.6 is 0 Å². The largest absolute Gasteiger partial charge is 0.298 e. The van der Waals surface area contributed by atoms with Gasteiger partial charge in [-0.3, -0.25) is 9.59 Å². The van der Waals surface area contributed by atoms with Crippen molar-refractivity contribution in [1.82, 2.24) is 0 Å². The average Bonchev–Trinajstić information content (AvgIpc) is 3.04. The zero-order valence-electron chi connectivity index (χ0n) is 12.7. The number of carbonyl (C=O) groups excluding carboxylic acids is 2. The predicted molar refractivity (Wildman–Crippen MR) is 81.8 cm³/mol. The van der Waals surface area contributed by atoms with Crippen LogP contribution in [-0.2, 0) is 9.59 Å². The van der Waals surface area contributed by atoms with Gasteiger partial charge in [-0.2, -0.15) is 0 Å². The van der Waals surface area contributed by atoms with Crippen molar-refractivity contribution in [2.75, 3.05) is 0 Å². The molecule has 112 valence electrons. The highest BCUT2D eigenvalue weighted by molar-refractivity contribution is 6.21. The standard InChI is InChI=1S/C19H24O2/c20-16-14-8-7-9-15(14)18(10-3-1-4-11-18)17(21)19(16)12-5-2-6-13-19/h7,9H,1-6,8,10-13H2. The van der Waals surface area contributed by atoms with Gasteiger partial charge in [-0.25, -0.2) is 0 Å². The first-order valence-electron chi connectivity index (χ1n) is 8.71. The van der Waals surface area contributed by atoms with Gasteiger partial charge >= 0.3 is 0 Å². The highest BCUT2D eigenvalue weighted by Crippen LogP contribution is 2.58. The Kier molecular flexibility index (Phi) is 2.99. The summed E-state index contributed by atoms with van der Waals surface area (Å²) in [6.07, 6.45) is 15.3. The van der Waals surface area contributed by atoms with Crippen LogP contribution in [0.25, 0.3) is 0 Å². The third kappa shape index (κ3) is 1.65. The Bertz CT molecular complexity index is 552. The van der Waals surface area contributed by atoms with Gasteiger partial charge in [0.1, 0.15) is 0 Å². The molecule has 2 saturated carbocycles. The molecule has 0 aromatic carbocycles. The van der Waals surface area contributed by atoms with Crippen molar-refractivity contribution >= 4 is 11.6 Å². The molecule has 4 aliphatic rings. The SMILES string of the molecule is O=C1C2=C(C=CC2)C2(CCCCC2)C(=O)C12CCCCC2. The van der Waals surface area contributed by atoms with Gasteiger partial charge in [0.25, 0.3) is 0 Å². The number of carbonyl (C=O) groups is 2. The van der Waals surface area contributed by atoms with E-state index in [0.717, 1.165) is 68.9 Å². The maximum Gasteiger partial charge on any atom is 0.173 e. The quantitative estimate of drug-likeness (QED) is 0.622. The number of fused-ring (bicyclic) bond motifs is 1. The topological polar surface area (TPSA) is 34.1 Å². The van der Waals surface area contributed by atoms with E-state index in [4.69, 9.17) is 0 Å². The highest BCUT2D eigenvalue weighted by Gasteiger charge is 2.60. The lowest BCUT2D eigenvalue weighted by Crippen LogP contribution is -2.54. The molecule has 0 saturated heterocycles. The summed E-state index contributed by atoms with van der Waals surface area (Å²) in [6, 6.07) is 0. The predicted octanol–water partition coefficient (Wildman–Crippen LogP) is 4.30. The van der Waals surface area contributed by atoms with E-state index in [1.54, 1.807) is 0 Å². The molecule has 0 heterocycles. The fraction of sp³-hybridized carbons (Fsp3) is 0.684. The molecule has 2 fully saturated rings. The van der Waals surface area contributed by atoms with Crippen LogP contribution in [0.15, 0.2) is 23.3 Å². The first kappa shape index (κ1) is 13.5. The molecule has 2 heteroatoms. The summed E-state index contributed by atoms with van der Waals surface area (Å²) in [4.78, 5) is 26.6. The van der Waals surface area contributed by atoms with Gasteiger partial charge in [-0.05, 0) is 37.7 Å². The van der Waals surface area contributed by atoms with Gasteiger partial charge in [-0.15, -0.1) is 0 Å². The molecule has 2 spiro atoms. The van der Waals surface area contributed by atoms with E-state index >= 15 is 0 Å². The molecule has 0 aromatic rings. The van der Waals surface area contributed by atoms with E-state index in [9.17, 15) is 9.59 Å². The highest BCUT2D eigenvalue weighted by atomic mass is 16.2. The van der Waals surface area contributed by atoms with Gasteiger partial charge in [0, 0.05) is 5.57 Å². The van der Waals surface area contributed by atoms with Crippen molar-refractivity contribution in [3.8, 4) is 0 Å². The Balaban J connectivity index is 1.87. The van der Waals surface area contributed by atoms with Crippen LogP contribution in [0.3, 0.4) is 0 Å². The third-order valence-corrected chi connectivity index (χ3v) is 6.44. The summed E-state index contributed by atoms with van der Waals surface area (Å²) in [5, 5.41) is 0. The van der Waals surface area contributed by atoms with Crippen molar-refractivity contribution in [1.29, 1.82) is 0 Å². The van der Waals surface area contributed by atoms with Gasteiger partial charge in [0.2, 0.25) is 0 Å². The van der Waals surface area contributed by atoms with Gasteiger partial charge in [0.05, 0.1) is 10.8 Å². The molecule has 0 atom stereocenters. The number of Topliss-reactive ketones (excluding diaryl/α,β-unsaturated/α-hetero) is 2. The lowest BCUT2D eigenvalue weighted by atomic mass is 9.51. The van der Waals surface area contributed by atoms with Crippen LogP contribution in [0, 0.1) is 10.8 Å². The average molecular weight is 284 g/mol. The molecule has 2 nitrogen and oxygen atoms in total. The van der Waals surface area contributed by atoms with Crippen LogP contribution in [0.4, 0.5) is 0 Å². The molecular weight excluding hydrogens is 260 g/mol.